The third-order valence-electron chi connectivity index (χ3n) is 5.49. The fourth-order valence-corrected chi connectivity index (χ4v) is 6.16. The molecule has 2 atom stereocenters. The third kappa shape index (κ3) is 3.31. The third-order valence-corrected chi connectivity index (χ3v) is 8.98. The van der Waals surface area contributed by atoms with E-state index in [1.807, 2.05) is 17.5 Å². The Morgan fingerprint density at radius 3 is 1.82 bits per heavy atom. The Kier molecular flexibility index (Phi) is 5.85. The summed E-state index contributed by atoms with van der Waals surface area (Å²) in [5.41, 5.74) is 0.126. The number of rotatable bonds is 3. The second-order valence-corrected chi connectivity index (χ2v) is 10.5. The predicted octanol–water partition coefficient (Wildman–Crippen LogP) is 7.42. The van der Waals surface area contributed by atoms with Gasteiger partial charge in [-0.25, -0.2) is 0 Å². The molecule has 3 heterocycles. The molecule has 0 bridgehead atoms. The molecule has 0 saturated carbocycles. The molecule has 168 valence electrons. The van der Waals surface area contributed by atoms with Crippen molar-refractivity contribution < 1.29 is 14.4 Å². The molecule has 0 N–H and O–H groups in total. The van der Waals surface area contributed by atoms with E-state index in [1.54, 1.807) is 18.2 Å². The summed E-state index contributed by atoms with van der Waals surface area (Å²) in [4.78, 5) is 43.2. The minimum absolute atomic E-state index is 0.141. The Morgan fingerprint density at radius 2 is 1.30 bits per heavy atom. The van der Waals surface area contributed by atoms with Crippen molar-refractivity contribution in [3.8, 4) is 0 Å². The van der Waals surface area contributed by atoms with E-state index in [9.17, 15) is 14.4 Å². The van der Waals surface area contributed by atoms with E-state index in [4.69, 9.17) is 69.6 Å². The van der Waals surface area contributed by atoms with E-state index in [2.05, 4.69) is 0 Å². The van der Waals surface area contributed by atoms with Crippen LogP contribution in [0.4, 0.5) is 5.69 Å². The highest BCUT2D eigenvalue weighted by Gasteiger charge is 2.58. The molecular formula is C21H8Cl6N2O3S. The average molecular weight is 581 g/mol. The van der Waals surface area contributed by atoms with E-state index in [-0.39, 0.29) is 36.2 Å². The normalized spacial score (nSPS) is 19.9. The number of fused-ring (bicyclic) bond motifs is 1. The van der Waals surface area contributed by atoms with Gasteiger partial charge in [-0.1, -0.05) is 75.7 Å². The number of thiophene rings is 1. The van der Waals surface area contributed by atoms with E-state index >= 15 is 0 Å². The number of benzene rings is 2. The summed E-state index contributed by atoms with van der Waals surface area (Å²) in [6.45, 7) is 0. The van der Waals surface area contributed by atoms with Crippen molar-refractivity contribution in [2.75, 3.05) is 4.90 Å². The first-order valence-electron chi connectivity index (χ1n) is 9.20. The molecule has 3 amide bonds. The van der Waals surface area contributed by atoms with Crippen molar-refractivity contribution in [2.24, 2.45) is 0 Å². The van der Waals surface area contributed by atoms with Crippen molar-refractivity contribution in [1.29, 1.82) is 0 Å². The van der Waals surface area contributed by atoms with Crippen molar-refractivity contribution in [3.05, 3.63) is 81.9 Å². The number of amides is 3. The molecule has 5 rings (SSSR count). The van der Waals surface area contributed by atoms with E-state index in [1.165, 1.54) is 16.2 Å². The van der Waals surface area contributed by atoms with Gasteiger partial charge in [0.05, 0.1) is 41.3 Å². The van der Waals surface area contributed by atoms with Gasteiger partial charge in [0, 0.05) is 10.6 Å². The van der Waals surface area contributed by atoms with E-state index < -0.39 is 29.8 Å². The zero-order valence-corrected chi connectivity index (χ0v) is 21.3. The monoisotopic (exact) mass is 578 g/mol. The number of β-lactam (4-membered cyclic amide) rings is 1. The summed E-state index contributed by atoms with van der Waals surface area (Å²) in [6, 6.07) is 6.59. The molecule has 1 fully saturated rings. The van der Waals surface area contributed by atoms with Crippen LogP contribution in [0.5, 0.6) is 0 Å². The van der Waals surface area contributed by atoms with Gasteiger partial charge in [-0.2, -0.15) is 0 Å². The lowest BCUT2D eigenvalue weighted by Crippen LogP contribution is -2.67. The SMILES string of the molecule is O=C1c2c(Cl)c(Cl)c(Cl)c(Cl)c2C(=O)N1[C@@H]1C(=O)N(c2ccc(Cl)c(Cl)c2)[C@H]1c1cccs1. The van der Waals surface area contributed by atoms with Crippen molar-refractivity contribution in [1.82, 2.24) is 4.90 Å². The fraction of sp³-hybridized carbons (Fsp3) is 0.0952. The van der Waals surface area contributed by atoms with Crippen LogP contribution < -0.4 is 4.90 Å². The minimum atomic E-state index is -1.13. The number of imide groups is 1. The minimum Gasteiger partial charge on any atom is -0.300 e. The molecule has 5 nitrogen and oxygen atoms in total. The Morgan fingerprint density at radius 1 is 0.697 bits per heavy atom. The standard InChI is InChI=1S/C21H8Cl6N2O3S/c22-8-4-3-7(6-9(8)23)28-17(10-2-1-5-33-10)18(21(28)32)29-19(30)11-12(20(29)31)14(25)16(27)15(26)13(11)24/h1-6,17-18H/t17-,18-/m0/s1. The molecule has 0 spiro atoms. The number of carbonyl (C=O) groups excluding carboxylic acids is 3. The molecule has 2 aliphatic rings. The van der Waals surface area contributed by atoms with Gasteiger partial charge in [-0.15, -0.1) is 11.3 Å². The molecule has 3 aromatic rings. The zero-order valence-electron chi connectivity index (χ0n) is 15.9. The van der Waals surface area contributed by atoms with Gasteiger partial charge >= 0.3 is 0 Å². The lowest BCUT2D eigenvalue weighted by molar-refractivity contribution is -0.130. The summed E-state index contributed by atoms with van der Waals surface area (Å²) in [6.07, 6.45) is 0. The number of anilines is 1. The quantitative estimate of drug-likeness (QED) is 0.140. The topological polar surface area (TPSA) is 57.7 Å². The highest BCUT2D eigenvalue weighted by atomic mass is 35.5. The van der Waals surface area contributed by atoms with Crippen LogP contribution in [0.3, 0.4) is 0 Å². The first kappa shape index (κ1) is 23.2. The molecule has 1 saturated heterocycles. The number of hydrogen-bond donors (Lipinski definition) is 0. The van der Waals surface area contributed by atoms with E-state index in [0.29, 0.717) is 10.7 Å². The van der Waals surface area contributed by atoms with Gasteiger partial charge < -0.3 is 0 Å². The molecule has 0 aliphatic carbocycles. The maximum atomic E-state index is 13.4. The smallest absolute Gasteiger partial charge is 0.264 e. The molecule has 2 aromatic carbocycles. The summed E-state index contributed by atoms with van der Waals surface area (Å²) in [5.74, 6) is -2.02. The highest BCUT2D eigenvalue weighted by molar-refractivity contribution is 7.10. The molecule has 0 radical (unpaired) electrons. The van der Waals surface area contributed by atoms with Gasteiger partial charge in [-0.3, -0.25) is 24.2 Å². The van der Waals surface area contributed by atoms with Crippen LogP contribution in [0.2, 0.25) is 30.1 Å². The van der Waals surface area contributed by atoms with Crippen LogP contribution in [0, 0.1) is 0 Å². The molecular weight excluding hydrogens is 573 g/mol. The average Bonchev–Trinajstić information content (AvgIpc) is 3.39. The maximum absolute atomic E-state index is 13.4. The molecule has 33 heavy (non-hydrogen) atoms. The maximum Gasteiger partial charge on any atom is 0.264 e. The van der Waals surface area contributed by atoms with Crippen LogP contribution in [0.1, 0.15) is 31.6 Å². The van der Waals surface area contributed by atoms with E-state index in [0.717, 1.165) is 9.78 Å². The van der Waals surface area contributed by atoms with Gasteiger partial charge in [0.15, 0.2) is 0 Å². The van der Waals surface area contributed by atoms with Gasteiger partial charge in [-0.05, 0) is 29.6 Å². The summed E-state index contributed by atoms with van der Waals surface area (Å²) >= 11 is 38.2. The highest BCUT2D eigenvalue weighted by Crippen LogP contribution is 2.50. The molecule has 1 aromatic heterocycles. The summed E-state index contributed by atoms with van der Waals surface area (Å²) in [7, 11) is 0. The fourth-order valence-electron chi connectivity index (χ4n) is 4.01. The summed E-state index contributed by atoms with van der Waals surface area (Å²) < 4.78 is 0. The first-order valence-corrected chi connectivity index (χ1v) is 12.3. The second kappa shape index (κ2) is 8.31. The first-order chi connectivity index (χ1) is 15.6. The van der Waals surface area contributed by atoms with Crippen molar-refractivity contribution in [3.63, 3.8) is 0 Å². The van der Waals surface area contributed by atoms with Crippen molar-refractivity contribution >= 4 is 104 Å². The number of carbonyl (C=O) groups is 3. The Labute approximate surface area is 221 Å². The Hall–Kier alpha value is -1.51. The van der Waals surface area contributed by atoms with Crippen LogP contribution in [0.25, 0.3) is 0 Å². The molecule has 12 heteroatoms. The Bertz CT molecular complexity index is 1330. The van der Waals surface area contributed by atoms with Crippen LogP contribution in [-0.4, -0.2) is 28.7 Å². The Balaban J connectivity index is 1.62. The van der Waals surface area contributed by atoms with Gasteiger partial charge in [0.2, 0.25) is 0 Å². The lowest BCUT2D eigenvalue weighted by atomic mass is 9.90. The largest absolute Gasteiger partial charge is 0.300 e. The zero-order chi connectivity index (χ0) is 23.8. The van der Waals surface area contributed by atoms with Crippen LogP contribution >= 0.6 is 80.9 Å². The van der Waals surface area contributed by atoms with Gasteiger partial charge in [0.25, 0.3) is 17.7 Å². The van der Waals surface area contributed by atoms with Crippen LogP contribution in [-0.2, 0) is 4.79 Å². The number of hydrogen-bond acceptors (Lipinski definition) is 4. The summed E-state index contributed by atoms with van der Waals surface area (Å²) in [5, 5.41) is 1.76. The second-order valence-electron chi connectivity index (χ2n) is 7.20. The number of nitrogens with zero attached hydrogens (tertiary/aromatic N) is 2. The predicted molar refractivity (Wildman–Crippen MR) is 132 cm³/mol. The lowest BCUT2D eigenvalue weighted by Gasteiger charge is -2.49. The van der Waals surface area contributed by atoms with Crippen LogP contribution in [0.15, 0.2) is 35.7 Å². The molecule has 0 unspecified atom stereocenters. The molecule has 2 aliphatic heterocycles. The van der Waals surface area contributed by atoms with Crippen molar-refractivity contribution in [2.45, 2.75) is 12.1 Å². The number of halogens is 6. The van der Waals surface area contributed by atoms with Gasteiger partial charge in [0.1, 0.15) is 12.1 Å².